The molecule has 1 aliphatic carbocycles. The van der Waals surface area contributed by atoms with Gasteiger partial charge in [-0.1, -0.05) is 31.9 Å². The fourth-order valence-electron chi connectivity index (χ4n) is 3.99. The third kappa shape index (κ3) is 4.16. The van der Waals surface area contributed by atoms with Crippen molar-refractivity contribution in [2.24, 2.45) is 0 Å². The minimum atomic E-state index is -0.0323. The van der Waals surface area contributed by atoms with Crippen LogP contribution in [0.4, 0.5) is 5.82 Å². The van der Waals surface area contributed by atoms with Gasteiger partial charge in [-0.25, -0.2) is 0 Å². The van der Waals surface area contributed by atoms with Gasteiger partial charge in [0.2, 0.25) is 5.91 Å². The van der Waals surface area contributed by atoms with Crippen LogP contribution in [-0.2, 0) is 4.79 Å². The number of hydrogen-bond acceptors (Lipinski definition) is 6. The van der Waals surface area contributed by atoms with E-state index >= 15 is 0 Å². The SMILES string of the molecule is CC(=O)N[C@H]1CCCC[C@@H]1Nc1ccc2nnc([C@@H](C)c3ccc(O)cc3)n2n1. The lowest BCUT2D eigenvalue weighted by Gasteiger charge is -2.32. The summed E-state index contributed by atoms with van der Waals surface area (Å²) < 4.78 is 1.76. The summed E-state index contributed by atoms with van der Waals surface area (Å²) in [5.41, 5.74) is 1.70. The molecule has 0 radical (unpaired) electrons. The van der Waals surface area contributed by atoms with Crippen LogP contribution < -0.4 is 10.6 Å². The minimum absolute atomic E-state index is 0.00377. The number of fused-ring (bicyclic) bond motifs is 1. The monoisotopic (exact) mass is 394 g/mol. The summed E-state index contributed by atoms with van der Waals surface area (Å²) in [7, 11) is 0. The molecule has 3 N–H and O–H groups in total. The van der Waals surface area contributed by atoms with Crippen molar-refractivity contribution in [2.45, 2.75) is 57.5 Å². The maximum Gasteiger partial charge on any atom is 0.217 e. The number of nitrogens with zero attached hydrogens (tertiary/aromatic N) is 4. The number of anilines is 1. The number of carbonyl (C=O) groups excluding carboxylic acids is 1. The zero-order valence-electron chi connectivity index (χ0n) is 16.7. The van der Waals surface area contributed by atoms with Gasteiger partial charge < -0.3 is 15.7 Å². The third-order valence-corrected chi connectivity index (χ3v) is 5.56. The molecule has 3 aromatic rings. The first kappa shape index (κ1) is 19.2. The van der Waals surface area contributed by atoms with E-state index in [1.807, 2.05) is 31.2 Å². The van der Waals surface area contributed by atoms with Crippen LogP contribution >= 0.6 is 0 Å². The second-order valence-corrected chi connectivity index (χ2v) is 7.70. The Balaban J connectivity index is 1.59. The summed E-state index contributed by atoms with van der Waals surface area (Å²) >= 11 is 0. The van der Waals surface area contributed by atoms with Crippen molar-refractivity contribution in [3.63, 3.8) is 0 Å². The normalized spacial score (nSPS) is 20.3. The van der Waals surface area contributed by atoms with E-state index in [1.165, 1.54) is 0 Å². The molecule has 1 aromatic carbocycles. The van der Waals surface area contributed by atoms with Gasteiger partial charge in [-0.05, 0) is 42.7 Å². The number of benzene rings is 1. The van der Waals surface area contributed by atoms with Gasteiger partial charge >= 0.3 is 0 Å². The van der Waals surface area contributed by atoms with Gasteiger partial charge in [0.15, 0.2) is 11.5 Å². The van der Waals surface area contributed by atoms with Crippen molar-refractivity contribution >= 4 is 17.4 Å². The van der Waals surface area contributed by atoms with Gasteiger partial charge in [0, 0.05) is 24.9 Å². The number of aromatic hydroxyl groups is 1. The number of phenolic OH excluding ortho intramolecular Hbond substituents is 1. The van der Waals surface area contributed by atoms with Crippen LogP contribution in [0.5, 0.6) is 5.75 Å². The molecule has 0 spiro atoms. The molecular formula is C21H26N6O2. The first-order chi connectivity index (χ1) is 14.0. The summed E-state index contributed by atoms with van der Waals surface area (Å²) in [5, 5.41) is 29.4. The Bertz CT molecular complexity index is 1000. The molecule has 1 amide bonds. The number of hydrogen-bond donors (Lipinski definition) is 3. The van der Waals surface area contributed by atoms with E-state index < -0.39 is 0 Å². The lowest BCUT2D eigenvalue weighted by atomic mass is 9.90. The highest BCUT2D eigenvalue weighted by Gasteiger charge is 2.26. The van der Waals surface area contributed by atoms with Gasteiger partial charge in [0.05, 0.1) is 0 Å². The van der Waals surface area contributed by atoms with E-state index in [1.54, 1.807) is 23.6 Å². The molecule has 2 heterocycles. The minimum Gasteiger partial charge on any atom is -0.508 e. The Morgan fingerprint density at radius 3 is 2.55 bits per heavy atom. The third-order valence-electron chi connectivity index (χ3n) is 5.56. The highest BCUT2D eigenvalue weighted by molar-refractivity contribution is 5.73. The maximum absolute atomic E-state index is 11.5. The van der Waals surface area contributed by atoms with Crippen molar-refractivity contribution in [1.82, 2.24) is 25.1 Å². The Kier molecular flexibility index (Phi) is 5.33. The first-order valence-corrected chi connectivity index (χ1v) is 10.1. The Hall–Kier alpha value is -3.16. The van der Waals surface area contributed by atoms with Crippen molar-refractivity contribution in [3.8, 4) is 5.75 Å². The van der Waals surface area contributed by atoms with Gasteiger partial charge in [-0.15, -0.1) is 15.3 Å². The number of nitrogens with one attached hydrogen (secondary N) is 2. The maximum atomic E-state index is 11.5. The van der Waals surface area contributed by atoms with Crippen molar-refractivity contribution < 1.29 is 9.90 Å². The molecule has 0 bridgehead atoms. The molecule has 1 fully saturated rings. The van der Waals surface area contributed by atoms with E-state index in [2.05, 4.69) is 20.8 Å². The molecule has 1 saturated carbocycles. The van der Waals surface area contributed by atoms with Crippen LogP contribution in [0.2, 0.25) is 0 Å². The molecule has 2 aromatic heterocycles. The largest absolute Gasteiger partial charge is 0.508 e. The number of phenols is 1. The standard InChI is InChI=1S/C21H26N6O2/c1-13(15-7-9-16(29)10-8-15)21-25-24-20-12-11-19(26-27(20)21)23-18-6-4-3-5-17(18)22-14(2)28/h7-13,17-18,29H,3-6H2,1-2H3,(H,22,28)(H,23,26)/t13-,17-,18-/m0/s1. The predicted molar refractivity (Wildman–Crippen MR) is 110 cm³/mol. The summed E-state index contributed by atoms with van der Waals surface area (Å²) in [6.45, 7) is 3.60. The number of amides is 1. The van der Waals surface area contributed by atoms with Gasteiger partial charge in [0.25, 0.3) is 0 Å². The molecule has 152 valence electrons. The predicted octanol–water partition coefficient (Wildman–Crippen LogP) is 2.84. The van der Waals surface area contributed by atoms with Crippen LogP contribution in [0.15, 0.2) is 36.4 Å². The van der Waals surface area contributed by atoms with Crippen molar-refractivity contribution in [2.75, 3.05) is 5.32 Å². The lowest BCUT2D eigenvalue weighted by molar-refractivity contribution is -0.119. The quantitative estimate of drug-likeness (QED) is 0.615. The van der Waals surface area contributed by atoms with Crippen LogP contribution in [0, 0.1) is 0 Å². The molecular weight excluding hydrogens is 368 g/mol. The summed E-state index contributed by atoms with van der Waals surface area (Å²) in [5.74, 6) is 1.67. The lowest BCUT2D eigenvalue weighted by Crippen LogP contribution is -2.48. The Morgan fingerprint density at radius 2 is 1.83 bits per heavy atom. The van der Waals surface area contributed by atoms with Crippen LogP contribution in [0.25, 0.3) is 5.65 Å². The molecule has 1 aliphatic rings. The van der Waals surface area contributed by atoms with E-state index in [-0.39, 0.29) is 29.7 Å². The summed E-state index contributed by atoms with van der Waals surface area (Å²) in [4.78, 5) is 11.5. The summed E-state index contributed by atoms with van der Waals surface area (Å²) in [6.07, 6.45) is 4.21. The number of carbonyl (C=O) groups is 1. The van der Waals surface area contributed by atoms with Crippen LogP contribution in [-0.4, -0.2) is 42.9 Å². The fourth-order valence-corrected chi connectivity index (χ4v) is 3.99. The second kappa shape index (κ2) is 8.06. The van der Waals surface area contributed by atoms with Crippen molar-refractivity contribution in [1.29, 1.82) is 0 Å². The average molecular weight is 394 g/mol. The molecule has 4 rings (SSSR count). The molecule has 0 aliphatic heterocycles. The van der Waals surface area contributed by atoms with E-state index in [0.29, 0.717) is 5.65 Å². The zero-order chi connectivity index (χ0) is 20.4. The number of rotatable bonds is 5. The smallest absolute Gasteiger partial charge is 0.217 e. The highest BCUT2D eigenvalue weighted by atomic mass is 16.3. The van der Waals surface area contributed by atoms with E-state index in [0.717, 1.165) is 42.9 Å². The molecule has 29 heavy (non-hydrogen) atoms. The molecule has 0 saturated heterocycles. The Labute approximate surface area is 169 Å². The average Bonchev–Trinajstić information content (AvgIpc) is 3.12. The van der Waals surface area contributed by atoms with Crippen LogP contribution in [0.3, 0.4) is 0 Å². The highest BCUT2D eigenvalue weighted by Crippen LogP contribution is 2.26. The topological polar surface area (TPSA) is 104 Å². The van der Waals surface area contributed by atoms with E-state index in [9.17, 15) is 9.90 Å². The van der Waals surface area contributed by atoms with Gasteiger partial charge in [0.1, 0.15) is 11.6 Å². The van der Waals surface area contributed by atoms with Gasteiger partial charge in [-0.2, -0.15) is 4.52 Å². The molecule has 8 nitrogen and oxygen atoms in total. The summed E-state index contributed by atoms with van der Waals surface area (Å²) in [6, 6.07) is 11.1. The Morgan fingerprint density at radius 1 is 1.10 bits per heavy atom. The molecule has 8 heteroatoms. The fraction of sp³-hybridized carbons (Fsp3) is 0.429. The molecule has 3 atom stereocenters. The zero-order valence-corrected chi connectivity index (χ0v) is 16.7. The van der Waals surface area contributed by atoms with Gasteiger partial charge in [-0.3, -0.25) is 4.79 Å². The number of aromatic nitrogens is 4. The second-order valence-electron chi connectivity index (χ2n) is 7.70. The van der Waals surface area contributed by atoms with E-state index in [4.69, 9.17) is 5.10 Å². The molecule has 0 unspecified atom stereocenters. The van der Waals surface area contributed by atoms with Crippen molar-refractivity contribution in [3.05, 3.63) is 47.8 Å². The first-order valence-electron chi connectivity index (χ1n) is 10.1. The van der Waals surface area contributed by atoms with Crippen LogP contribution in [0.1, 0.15) is 56.8 Å².